The summed E-state index contributed by atoms with van der Waals surface area (Å²) >= 11 is 0. The SMILES string of the molecule is C=CCNC(=NCC(c1ccccc1)C(C)C)NCC.I. The molecule has 1 unspecified atom stereocenters. The zero-order chi connectivity index (χ0) is 14.8. The van der Waals surface area contributed by atoms with Crippen LogP contribution >= 0.6 is 24.0 Å². The third kappa shape index (κ3) is 7.50. The number of hydrogen-bond donors (Lipinski definition) is 2. The Kier molecular flexibility index (Phi) is 11.0. The number of guanidine groups is 1. The molecule has 0 radical (unpaired) electrons. The average Bonchev–Trinajstić information content (AvgIpc) is 2.45. The molecule has 1 aromatic carbocycles. The molecular formula is C17H28IN3. The van der Waals surface area contributed by atoms with Gasteiger partial charge < -0.3 is 10.6 Å². The molecule has 3 nitrogen and oxygen atoms in total. The van der Waals surface area contributed by atoms with Crippen molar-refractivity contribution >= 4 is 29.9 Å². The molecule has 118 valence electrons. The molecule has 2 N–H and O–H groups in total. The predicted molar refractivity (Wildman–Crippen MR) is 104 cm³/mol. The molecule has 0 saturated heterocycles. The number of hydrogen-bond acceptors (Lipinski definition) is 1. The van der Waals surface area contributed by atoms with Gasteiger partial charge in [-0.2, -0.15) is 0 Å². The van der Waals surface area contributed by atoms with Gasteiger partial charge in [-0.1, -0.05) is 50.3 Å². The van der Waals surface area contributed by atoms with Gasteiger partial charge >= 0.3 is 0 Å². The maximum Gasteiger partial charge on any atom is 0.191 e. The molecule has 0 spiro atoms. The van der Waals surface area contributed by atoms with Crippen molar-refractivity contribution in [2.45, 2.75) is 26.7 Å². The molecule has 1 atom stereocenters. The summed E-state index contributed by atoms with van der Waals surface area (Å²) in [5.74, 6) is 1.85. The zero-order valence-electron chi connectivity index (χ0n) is 13.3. The first-order valence-electron chi connectivity index (χ1n) is 7.37. The summed E-state index contributed by atoms with van der Waals surface area (Å²) in [6.45, 7) is 12.7. The highest BCUT2D eigenvalue weighted by molar-refractivity contribution is 14.0. The van der Waals surface area contributed by atoms with E-state index < -0.39 is 0 Å². The molecule has 0 saturated carbocycles. The van der Waals surface area contributed by atoms with Gasteiger partial charge in [-0.15, -0.1) is 30.6 Å². The fraction of sp³-hybridized carbons (Fsp3) is 0.471. The van der Waals surface area contributed by atoms with E-state index in [9.17, 15) is 0 Å². The standard InChI is InChI=1S/C17H27N3.HI/c1-5-12-19-17(18-6-2)20-13-16(14(3)4)15-10-8-7-9-11-15;/h5,7-11,14,16H,1,6,12-13H2,2-4H3,(H2,18,19,20);1H. The van der Waals surface area contributed by atoms with Crippen LogP contribution in [0.5, 0.6) is 0 Å². The molecule has 0 bridgehead atoms. The molecular weight excluding hydrogens is 373 g/mol. The minimum absolute atomic E-state index is 0. The number of halogens is 1. The molecule has 21 heavy (non-hydrogen) atoms. The van der Waals surface area contributed by atoms with Crippen LogP contribution in [0.15, 0.2) is 48.0 Å². The van der Waals surface area contributed by atoms with Crippen LogP contribution in [-0.2, 0) is 0 Å². The Bertz CT molecular complexity index is 415. The van der Waals surface area contributed by atoms with E-state index in [1.165, 1.54) is 5.56 Å². The van der Waals surface area contributed by atoms with Gasteiger partial charge in [0, 0.05) is 25.6 Å². The number of nitrogens with zero attached hydrogens (tertiary/aromatic N) is 1. The number of benzene rings is 1. The molecule has 0 amide bonds. The summed E-state index contributed by atoms with van der Waals surface area (Å²) in [5, 5.41) is 6.49. The highest BCUT2D eigenvalue weighted by Gasteiger charge is 2.15. The van der Waals surface area contributed by atoms with Gasteiger partial charge in [-0.25, -0.2) is 0 Å². The van der Waals surface area contributed by atoms with Crippen molar-refractivity contribution in [1.29, 1.82) is 0 Å². The van der Waals surface area contributed by atoms with Gasteiger partial charge in [-0.05, 0) is 18.4 Å². The second kappa shape index (κ2) is 11.6. The number of nitrogens with one attached hydrogen (secondary N) is 2. The Morgan fingerprint density at radius 2 is 1.90 bits per heavy atom. The second-order valence-corrected chi connectivity index (χ2v) is 5.15. The first-order chi connectivity index (χ1) is 9.69. The quantitative estimate of drug-likeness (QED) is 0.316. The van der Waals surface area contributed by atoms with Crippen LogP contribution in [0.4, 0.5) is 0 Å². The summed E-state index contributed by atoms with van der Waals surface area (Å²) in [5.41, 5.74) is 1.35. The van der Waals surface area contributed by atoms with Crippen molar-refractivity contribution in [1.82, 2.24) is 10.6 Å². The van der Waals surface area contributed by atoms with E-state index in [0.29, 0.717) is 11.8 Å². The second-order valence-electron chi connectivity index (χ2n) is 5.15. The third-order valence-corrected chi connectivity index (χ3v) is 3.24. The minimum atomic E-state index is 0. The Labute approximate surface area is 146 Å². The Balaban J connectivity index is 0.00000400. The first kappa shape index (κ1) is 20.0. The lowest BCUT2D eigenvalue weighted by molar-refractivity contribution is 0.506. The number of rotatable bonds is 7. The maximum absolute atomic E-state index is 4.70. The van der Waals surface area contributed by atoms with Crippen LogP contribution in [0, 0.1) is 5.92 Å². The smallest absolute Gasteiger partial charge is 0.191 e. The lowest BCUT2D eigenvalue weighted by Gasteiger charge is -2.20. The van der Waals surface area contributed by atoms with Crippen molar-refractivity contribution in [3.63, 3.8) is 0 Å². The Morgan fingerprint density at radius 1 is 1.24 bits per heavy atom. The Morgan fingerprint density at radius 3 is 2.43 bits per heavy atom. The molecule has 1 aromatic rings. The normalized spacial score (nSPS) is 12.5. The van der Waals surface area contributed by atoms with Crippen molar-refractivity contribution in [3.8, 4) is 0 Å². The van der Waals surface area contributed by atoms with E-state index in [-0.39, 0.29) is 24.0 Å². The zero-order valence-corrected chi connectivity index (χ0v) is 15.6. The highest BCUT2D eigenvalue weighted by atomic mass is 127. The van der Waals surface area contributed by atoms with Gasteiger partial charge in [-0.3, -0.25) is 4.99 Å². The minimum Gasteiger partial charge on any atom is -0.357 e. The molecule has 0 aliphatic carbocycles. The van der Waals surface area contributed by atoms with Crippen LogP contribution in [-0.4, -0.2) is 25.6 Å². The molecule has 0 aromatic heterocycles. The number of aliphatic imine (C=N–C) groups is 1. The van der Waals surface area contributed by atoms with Gasteiger partial charge in [0.2, 0.25) is 0 Å². The van der Waals surface area contributed by atoms with Crippen LogP contribution in [0.25, 0.3) is 0 Å². The molecule has 0 fully saturated rings. The summed E-state index contributed by atoms with van der Waals surface area (Å²) in [7, 11) is 0. The monoisotopic (exact) mass is 401 g/mol. The van der Waals surface area contributed by atoms with E-state index in [2.05, 4.69) is 68.3 Å². The Hall–Kier alpha value is -1.04. The summed E-state index contributed by atoms with van der Waals surface area (Å²) in [6, 6.07) is 10.6. The summed E-state index contributed by atoms with van der Waals surface area (Å²) in [4.78, 5) is 4.70. The van der Waals surface area contributed by atoms with Gasteiger partial charge in [0.1, 0.15) is 0 Å². The lowest BCUT2D eigenvalue weighted by atomic mass is 9.88. The van der Waals surface area contributed by atoms with Gasteiger partial charge in [0.05, 0.1) is 0 Å². The van der Waals surface area contributed by atoms with E-state index >= 15 is 0 Å². The topological polar surface area (TPSA) is 36.4 Å². The van der Waals surface area contributed by atoms with Crippen LogP contribution in [0.1, 0.15) is 32.3 Å². The summed E-state index contributed by atoms with van der Waals surface area (Å²) in [6.07, 6.45) is 1.84. The van der Waals surface area contributed by atoms with E-state index in [4.69, 9.17) is 4.99 Å². The van der Waals surface area contributed by atoms with Crippen LogP contribution in [0.2, 0.25) is 0 Å². The fourth-order valence-electron chi connectivity index (χ4n) is 2.10. The van der Waals surface area contributed by atoms with Crippen molar-refractivity contribution < 1.29 is 0 Å². The van der Waals surface area contributed by atoms with Gasteiger partial charge in [0.15, 0.2) is 5.96 Å². The highest BCUT2D eigenvalue weighted by Crippen LogP contribution is 2.24. The van der Waals surface area contributed by atoms with Gasteiger partial charge in [0.25, 0.3) is 0 Å². The van der Waals surface area contributed by atoms with Crippen LogP contribution < -0.4 is 10.6 Å². The molecule has 0 aliphatic heterocycles. The van der Waals surface area contributed by atoms with Crippen LogP contribution in [0.3, 0.4) is 0 Å². The van der Waals surface area contributed by atoms with E-state index in [1.807, 2.05) is 6.08 Å². The molecule has 0 heterocycles. The molecule has 4 heteroatoms. The predicted octanol–water partition coefficient (Wildman–Crippen LogP) is 3.79. The summed E-state index contributed by atoms with van der Waals surface area (Å²) < 4.78 is 0. The fourth-order valence-corrected chi connectivity index (χ4v) is 2.10. The first-order valence-corrected chi connectivity index (χ1v) is 7.37. The largest absolute Gasteiger partial charge is 0.357 e. The third-order valence-electron chi connectivity index (χ3n) is 3.24. The lowest BCUT2D eigenvalue weighted by Crippen LogP contribution is -2.37. The van der Waals surface area contributed by atoms with Crippen molar-refractivity contribution in [2.24, 2.45) is 10.9 Å². The van der Waals surface area contributed by atoms with E-state index in [1.54, 1.807) is 0 Å². The van der Waals surface area contributed by atoms with E-state index in [0.717, 1.165) is 25.6 Å². The average molecular weight is 401 g/mol. The molecule has 1 rings (SSSR count). The molecule has 0 aliphatic rings. The maximum atomic E-state index is 4.70. The van der Waals surface area contributed by atoms with Crippen molar-refractivity contribution in [3.05, 3.63) is 48.6 Å². The van der Waals surface area contributed by atoms with Crippen molar-refractivity contribution in [2.75, 3.05) is 19.6 Å².